The Morgan fingerprint density at radius 2 is 2.08 bits per heavy atom. The summed E-state index contributed by atoms with van der Waals surface area (Å²) < 4.78 is 32.7. The Morgan fingerprint density at radius 1 is 1.38 bits per heavy atom. The molecule has 7 nitrogen and oxygen atoms in total. The van der Waals surface area contributed by atoms with Gasteiger partial charge >= 0.3 is 0 Å². The number of rotatable bonds is 5. The molecular formula is C15H15ClN2O5S. The zero-order chi connectivity index (χ0) is 17.3. The summed E-state index contributed by atoms with van der Waals surface area (Å²) in [6.45, 7) is 0.238. The minimum atomic E-state index is -3.65. The van der Waals surface area contributed by atoms with Gasteiger partial charge in [0.1, 0.15) is 11.4 Å². The van der Waals surface area contributed by atoms with Crippen LogP contribution in [0.25, 0.3) is 11.3 Å². The summed E-state index contributed by atoms with van der Waals surface area (Å²) in [6.07, 6.45) is 0.116. The number of anilines is 1. The van der Waals surface area contributed by atoms with Crippen molar-refractivity contribution in [3.05, 3.63) is 30.3 Å². The van der Waals surface area contributed by atoms with E-state index in [0.717, 1.165) is 11.3 Å². The van der Waals surface area contributed by atoms with Gasteiger partial charge in [0, 0.05) is 41.2 Å². The fraction of sp³-hybridized carbons (Fsp3) is 0.333. The third-order valence-corrected chi connectivity index (χ3v) is 5.04. The maximum Gasteiger partial charge on any atom is 0.234 e. The highest BCUT2D eigenvalue weighted by molar-refractivity contribution is 8.13. The first-order chi connectivity index (χ1) is 11.4. The molecule has 9 heteroatoms. The Hall–Kier alpha value is -2.06. The number of carbonyl (C=O) groups excluding carboxylic acids is 1. The number of hydrogen-bond acceptors (Lipinski definition) is 6. The summed E-state index contributed by atoms with van der Waals surface area (Å²) in [5.74, 6) is 0.214. The lowest BCUT2D eigenvalue weighted by Crippen LogP contribution is -2.24. The monoisotopic (exact) mass is 370 g/mol. The molecule has 2 heterocycles. The van der Waals surface area contributed by atoms with Crippen LogP contribution in [0, 0.1) is 5.92 Å². The van der Waals surface area contributed by atoms with Gasteiger partial charge in [0.2, 0.25) is 20.8 Å². The number of halogens is 1. The standard InChI is InChI=1S/C15H15ClN2O5S/c1-22-12-4-2-11(3-5-12)13-7-15(23-17-13)18-8-10(6-14(18)19)9-24(16,20)21/h2-5,7,10H,6,8-9H2,1H3. The molecule has 0 N–H and O–H groups in total. The van der Waals surface area contributed by atoms with Gasteiger partial charge in [0.15, 0.2) is 0 Å². The molecule has 0 radical (unpaired) electrons. The first kappa shape index (κ1) is 16.8. The van der Waals surface area contributed by atoms with Crippen molar-refractivity contribution < 1.29 is 22.5 Å². The third kappa shape index (κ3) is 3.70. The second-order valence-electron chi connectivity index (χ2n) is 5.56. The molecule has 1 aliphatic heterocycles. The molecule has 1 aromatic carbocycles. The topological polar surface area (TPSA) is 89.7 Å². The van der Waals surface area contributed by atoms with Crippen LogP contribution in [-0.2, 0) is 13.8 Å². The Morgan fingerprint density at radius 3 is 2.71 bits per heavy atom. The van der Waals surface area contributed by atoms with E-state index in [9.17, 15) is 13.2 Å². The average Bonchev–Trinajstić information content (AvgIpc) is 3.12. The first-order valence-electron chi connectivity index (χ1n) is 7.19. The number of benzene rings is 1. The van der Waals surface area contributed by atoms with Crippen LogP contribution < -0.4 is 9.64 Å². The van der Waals surface area contributed by atoms with Crippen LogP contribution in [0.2, 0.25) is 0 Å². The average molecular weight is 371 g/mol. The number of hydrogen-bond donors (Lipinski definition) is 0. The van der Waals surface area contributed by atoms with E-state index in [-0.39, 0.29) is 30.5 Å². The number of aromatic nitrogens is 1. The van der Waals surface area contributed by atoms with Crippen molar-refractivity contribution in [3.63, 3.8) is 0 Å². The van der Waals surface area contributed by atoms with Crippen molar-refractivity contribution in [3.8, 4) is 17.0 Å². The maximum absolute atomic E-state index is 12.1. The third-order valence-electron chi connectivity index (χ3n) is 3.79. The Bertz CT molecular complexity index is 847. The predicted molar refractivity (Wildman–Crippen MR) is 88.6 cm³/mol. The van der Waals surface area contributed by atoms with Crippen molar-refractivity contribution in [1.82, 2.24) is 5.16 Å². The SMILES string of the molecule is COc1ccc(-c2cc(N3CC(CS(=O)(=O)Cl)CC3=O)on2)cc1. The van der Waals surface area contributed by atoms with E-state index in [0.29, 0.717) is 11.6 Å². The maximum atomic E-state index is 12.1. The van der Waals surface area contributed by atoms with E-state index in [1.807, 2.05) is 12.1 Å². The fourth-order valence-electron chi connectivity index (χ4n) is 2.68. The molecule has 2 aromatic rings. The summed E-state index contributed by atoms with van der Waals surface area (Å²) in [6, 6.07) is 8.90. The molecule has 1 atom stereocenters. The molecule has 1 amide bonds. The minimum Gasteiger partial charge on any atom is -0.497 e. The van der Waals surface area contributed by atoms with Gasteiger partial charge in [0.25, 0.3) is 0 Å². The van der Waals surface area contributed by atoms with Crippen molar-refractivity contribution in [1.29, 1.82) is 0 Å². The van der Waals surface area contributed by atoms with E-state index < -0.39 is 9.05 Å². The number of ether oxygens (including phenoxy) is 1. The number of carbonyl (C=O) groups is 1. The highest BCUT2D eigenvalue weighted by Crippen LogP contribution is 2.30. The summed E-state index contributed by atoms with van der Waals surface area (Å²) in [4.78, 5) is 13.5. The molecule has 1 unspecified atom stereocenters. The van der Waals surface area contributed by atoms with Gasteiger partial charge in [0.05, 0.1) is 12.9 Å². The molecule has 24 heavy (non-hydrogen) atoms. The van der Waals surface area contributed by atoms with E-state index in [1.54, 1.807) is 25.3 Å². The molecule has 1 aliphatic rings. The van der Waals surface area contributed by atoms with Crippen molar-refractivity contribution in [2.75, 3.05) is 24.3 Å². The highest BCUT2D eigenvalue weighted by atomic mass is 35.7. The number of methoxy groups -OCH3 is 1. The van der Waals surface area contributed by atoms with Crippen molar-refractivity contribution in [2.45, 2.75) is 6.42 Å². The van der Waals surface area contributed by atoms with E-state index in [1.165, 1.54) is 4.90 Å². The second kappa shape index (κ2) is 6.45. The molecule has 0 saturated carbocycles. The van der Waals surface area contributed by atoms with Gasteiger partial charge in [-0.05, 0) is 24.3 Å². The van der Waals surface area contributed by atoms with Crippen LogP contribution in [0.15, 0.2) is 34.9 Å². The van der Waals surface area contributed by atoms with E-state index in [2.05, 4.69) is 5.16 Å². The Balaban J connectivity index is 1.76. The Labute approximate surface area is 143 Å². The number of nitrogens with zero attached hydrogens (tertiary/aromatic N) is 2. The largest absolute Gasteiger partial charge is 0.497 e. The van der Waals surface area contributed by atoms with Gasteiger partial charge in [-0.3, -0.25) is 9.69 Å². The summed E-state index contributed by atoms with van der Waals surface area (Å²) in [5.41, 5.74) is 1.39. The molecule has 0 bridgehead atoms. The lowest BCUT2D eigenvalue weighted by molar-refractivity contribution is -0.117. The van der Waals surface area contributed by atoms with Crippen molar-refractivity contribution >= 4 is 31.5 Å². The normalized spacial score (nSPS) is 18.2. The second-order valence-corrected chi connectivity index (χ2v) is 8.38. The summed E-state index contributed by atoms with van der Waals surface area (Å²) >= 11 is 0. The zero-order valence-corrected chi connectivity index (χ0v) is 14.4. The van der Waals surface area contributed by atoms with E-state index in [4.69, 9.17) is 19.9 Å². The molecular weight excluding hydrogens is 356 g/mol. The van der Waals surface area contributed by atoms with Crippen LogP contribution in [-0.4, -0.2) is 38.9 Å². The molecule has 0 spiro atoms. The molecule has 1 aromatic heterocycles. The highest BCUT2D eigenvalue weighted by Gasteiger charge is 2.35. The first-order valence-corrected chi connectivity index (χ1v) is 9.67. The van der Waals surface area contributed by atoms with Crippen LogP contribution in [0.3, 0.4) is 0 Å². The van der Waals surface area contributed by atoms with Crippen LogP contribution in [0.1, 0.15) is 6.42 Å². The molecule has 128 valence electrons. The fourth-order valence-corrected chi connectivity index (χ4v) is 4.00. The smallest absolute Gasteiger partial charge is 0.234 e. The summed E-state index contributed by atoms with van der Waals surface area (Å²) in [5, 5.41) is 3.97. The van der Waals surface area contributed by atoms with Gasteiger partial charge in [-0.15, -0.1) is 0 Å². The molecule has 1 saturated heterocycles. The van der Waals surface area contributed by atoms with Gasteiger partial charge < -0.3 is 9.26 Å². The number of amides is 1. The van der Waals surface area contributed by atoms with Gasteiger partial charge in [-0.1, -0.05) is 5.16 Å². The summed E-state index contributed by atoms with van der Waals surface area (Å²) in [7, 11) is 3.20. The van der Waals surface area contributed by atoms with Crippen molar-refractivity contribution in [2.24, 2.45) is 5.92 Å². The lowest BCUT2D eigenvalue weighted by Gasteiger charge is -2.11. The molecule has 3 rings (SSSR count). The predicted octanol–water partition coefficient (Wildman–Crippen LogP) is 2.27. The molecule has 0 aliphatic carbocycles. The van der Waals surface area contributed by atoms with Crippen LogP contribution in [0.4, 0.5) is 5.88 Å². The van der Waals surface area contributed by atoms with Gasteiger partial charge in [-0.2, -0.15) is 0 Å². The van der Waals surface area contributed by atoms with Crippen LogP contribution in [0.5, 0.6) is 5.75 Å². The Kier molecular flexibility index (Phi) is 4.51. The van der Waals surface area contributed by atoms with Crippen LogP contribution >= 0.6 is 10.7 Å². The minimum absolute atomic E-state index is 0.116. The van der Waals surface area contributed by atoms with E-state index >= 15 is 0 Å². The lowest BCUT2D eigenvalue weighted by atomic mass is 10.1. The quantitative estimate of drug-likeness (QED) is 0.750. The zero-order valence-electron chi connectivity index (χ0n) is 12.8. The molecule has 1 fully saturated rings. The van der Waals surface area contributed by atoms with Gasteiger partial charge in [-0.25, -0.2) is 8.42 Å².